The van der Waals surface area contributed by atoms with Crippen LogP contribution in [0.2, 0.25) is 0 Å². The maximum Gasteiger partial charge on any atom is 0.264 e. The van der Waals surface area contributed by atoms with Crippen molar-refractivity contribution in [1.82, 2.24) is 10.2 Å². The van der Waals surface area contributed by atoms with Gasteiger partial charge in [-0.2, -0.15) is 0 Å². The molecule has 0 aliphatic rings. The second-order valence-corrected chi connectivity index (χ2v) is 11.5. The molecule has 0 bridgehead atoms. The van der Waals surface area contributed by atoms with Crippen molar-refractivity contribution in [1.29, 1.82) is 0 Å². The molecule has 3 aromatic carbocycles. The summed E-state index contributed by atoms with van der Waals surface area (Å²) in [5.74, 6) is -1.38. The zero-order valence-electron chi connectivity index (χ0n) is 22.1. The van der Waals surface area contributed by atoms with Gasteiger partial charge in [0.1, 0.15) is 18.4 Å². The summed E-state index contributed by atoms with van der Waals surface area (Å²) >= 11 is 0. The highest BCUT2D eigenvalue weighted by Gasteiger charge is 2.32. The largest absolute Gasteiger partial charge is 0.354 e. The monoisotopic (exact) mass is 539 g/mol. The van der Waals surface area contributed by atoms with Crippen molar-refractivity contribution in [3.63, 3.8) is 0 Å². The summed E-state index contributed by atoms with van der Waals surface area (Å²) in [4.78, 5) is 28.0. The van der Waals surface area contributed by atoms with E-state index in [1.165, 1.54) is 35.2 Å². The zero-order chi connectivity index (χ0) is 27.9. The SMILES string of the molecule is Cc1ccc(S(=O)(=O)N(CC(=O)N(Cc2ccccc2F)C(C)C(=O)NCC(C)C)c2ccccc2)cc1. The lowest BCUT2D eigenvalue weighted by Gasteiger charge is -2.32. The Kier molecular flexibility index (Phi) is 9.63. The van der Waals surface area contributed by atoms with Gasteiger partial charge < -0.3 is 10.2 Å². The normalized spacial score (nSPS) is 12.2. The van der Waals surface area contributed by atoms with Gasteiger partial charge in [-0.3, -0.25) is 13.9 Å². The number of rotatable bonds is 11. The van der Waals surface area contributed by atoms with Gasteiger partial charge in [0.05, 0.1) is 10.6 Å². The van der Waals surface area contributed by atoms with E-state index < -0.39 is 40.2 Å². The molecule has 0 aromatic heterocycles. The number of aryl methyl sites for hydroxylation is 1. The third kappa shape index (κ3) is 7.19. The van der Waals surface area contributed by atoms with Gasteiger partial charge in [0.25, 0.3) is 10.0 Å². The summed E-state index contributed by atoms with van der Waals surface area (Å²) < 4.78 is 43.0. The predicted octanol–water partition coefficient (Wildman–Crippen LogP) is 4.52. The molecule has 0 fully saturated rings. The number of nitrogens with zero attached hydrogens (tertiary/aromatic N) is 2. The average Bonchev–Trinajstić information content (AvgIpc) is 2.90. The molecular weight excluding hydrogens is 505 g/mol. The molecule has 9 heteroatoms. The molecule has 202 valence electrons. The number of nitrogens with one attached hydrogen (secondary N) is 1. The second kappa shape index (κ2) is 12.7. The van der Waals surface area contributed by atoms with E-state index in [-0.39, 0.29) is 22.9 Å². The Morgan fingerprint density at radius 2 is 1.50 bits per heavy atom. The molecule has 3 aromatic rings. The van der Waals surface area contributed by atoms with Crippen molar-refractivity contribution in [3.05, 3.63) is 95.8 Å². The molecule has 3 rings (SSSR count). The minimum absolute atomic E-state index is 0.0307. The standard InChI is InChI=1S/C29H34FN3O4S/c1-21(2)18-31-29(35)23(4)32(19-24-10-8-9-13-27(24)30)28(34)20-33(25-11-6-5-7-12-25)38(36,37)26-16-14-22(3)15-17-26/h5-17,21,23H,18-20H2,1-4H3,(H,31,35). The molecule has 0 aliphatic heterocycles. The number of para-hydroxylation sites is 1. The molecule has 1 atom stereocenters. The number of amides is 2. The van der Waals surface area contributed by atoms with E-state index in [0.29, 0.717) is 12.2 Å². The highest BCUT2D eigenvalue weighted by molar-refractivity contribution is 7.92. The van der Waals surface area contributed by atoms with Crippen molar-refractivity contribution in [2.75, 3.05) is 17.4 Å². The molecule has 1 N–H and O–H groups in total. The lowest BCUT2D eigenvalue weighted by atomic mass is 10.1. The van der Waals surface area contributed by atoms with E-state index >= 15 is 0 Å². The summed E-state index contributed by atoms with van der Waals surface area (Å²) in [6, 6.07) is 19.7. The van der Waals surface area contributed by atoms with Crippen LogP contribution in [0.25, 0.3) is 0 Å². The Labute approximate surface area is 224 Å². The molecule has 0 radical (unpaired) electrons. The van der Waals surface area contributed by atoms with Crippen LogP contribution >= 0.6 is 0 Å². The van der Waals surface area contributed by atoms with E-state index in [1.54, 1.807) is 55.5 Å². The Bertz CT molecular complexity index is 1350. The fourth-order valence-electron chi connectivity index (χ4n) is 3.81. The Morgan fingerprint density at radius 3 is 2.11 bits per heavy atom. The third-order valence-corrected chi connectivity index (χ3v) is 7.87. The molecule has 0 aliphatic carbocycles. The number of hydrogen-bond donors (Lipinski definition) is 1. The Hall–Kier alpha value is -3.72. The van der Waals surface area contributed by atoms with Gasteiger partial charge >= 0.3 is 0 Å². The maximum absolute atomic E-state index is 14.6. The fourth-order valence-corrected chi connectivity index (χ4v) is 5.22. The first-order valence-electron chi connectivity index (χ1n) is 12.5. The molecule has 2 amide bonds. The van der Waals surface area contributed by atoms with Gasteiger partial charge in [-0.15, -0.1) is 0 Å². The Morgan fingerprint density at radius 1 is 0.895 bits per heavy atom. The summed E-state index contributed by atoms with van der Waals surface area (Å²) in [6.07, 6.45) is 0. The fraction of sp³-hybridized carbons (Fsp3) is 0.310. The van der Waals surface area contributed by atoms with E-state index in [0.717, 1.165) is 9.87 Å². The molecule has 0 spiro atoms. The zero-order valence-corrected chi connectivity index (χ0v) is 22.9. The number of sulfonamides is 1. The minimum atomic E-state index is -4.14. The smallest absolute Gasteiger partial charge is 0.264 e. The number of benzene rings is 3. The summed E-state index contributed by atoms with van der Waals surface area (Å²) in [5.41, 5.74) is 1.41. The number of hydrogen-bond acceptors (Lipinski definition) is 4. The topological polar surface area (TPSA) is 86.8 Å². The van der Waals surface area contributed by atoms with E-state index in [2.05, 4.69) is 5.32 Å². The van der Waals surface area contributed by atoms with Crippen LogP contribution in [0.3, 0.4) is 0 Å². The van der Waals surface area contributed by atoms with Gasteiger partial charge in [-0.1, -0.05) is 67.9 Å². The predicted molar refractivity (Wildman–Crippen MR) is 146 cm³/mol. The van der Waals surface area contributed by atoms with Crippen LogP contribution in [0.5, 0.6) is 0 Å². The quantitative estimate of drug-likeness (QED) is 0.388. The van der Waals surface area contributed by atoms with Crippen LogP contribution in [-0.4, -0.2) is 44.3 Å². The lowest BCUT2D eigenvalue weighted by molar-refractivity contribution is -0.139. The van der Waals surface area contributed by atoms with Gasteiger partial charge in [-0.05, 0) is 50.1 Å². The molecule has 0 saturated heterocycles. The first-order valence-corrected chi connectivity index (χ1v) is 13.9. The van der Waals surface area contributed by atoms with Gasteiger partial charge in [-0.25, -0.2) is 12.8 Å². The summed E-state index contributed by atoms with van der Waals surface area (Å²) in [7, 11) is -4.14. The van der Waals surface area contributed by atoms with Crippen LogP contribution in [-0.2, 0) is 26.2 Å². The van der Waals surface area contributed by atoms with E-state index in [1.807, 2.05) is 20.8 Å². The molecule has 38 heavy (non-hydrogen) atoms. The maximum atomic E-state index is 14.6. The second-order valence-electron chi connectivity index (χ2n) is 9.59. The van der Waals surface area contributed by atoms with Crippen molar-refractivity contribution >= 4 is 27.5 Å². The van der Waals surface area contributed by atoms with Crippen LogP contribution in [0.4, 0.5) is 10.1 Å². The molecule has 7 nitrogen and oxygen atoms in total. The molecule has 0 heterocycles. The van der Waals surface area contributed by atoms with Crippen molar-refractivity contribution in [2.24, 2.45) is 5.92 Å². The lowest BCUT2D eigenvalue weighted by Crippen LogP contribution is -2.51. The minimum Gasteiger partial charge on any atom is -0.354 e. The van der Waals surface area contributed by atoms with E-state index in [4.69, 9.17) is 0 Å². The molecular formula is C29H34FN3O4S. The Balaban J connectivity index is 1.99. The summed E-state index contributed by atoms with van der Waals surface area (Å²) in [6.45, 7) is 6.92. The number of carbonyl (C=O) groups excluding carboxylic acids is 2. The van der Waals surface area contributed by atoms with Crippen molar-refractivity contribution < 1.29 is 22.4 Å². The van der Waals surface area contributed by atoms with Crippen LogP contribution in [0.1, 0.15) is 31.9 Å². The molecule has 1 unspecified atom stereocenters. The summed E-state index contributed by atoms with van der Waals surface area (Å²) in [5, 5.41) is 2.81. The van der Waals surface area contributed by atoms with Crippen LogP contribution in [0.15, 0.2) is 83.8 Å². The van der Waals surface area contributed by atoms with Crippen molar-refractivity contribution in [2.45, 2.75) is 45.2 Å². The third-order valence-electron chi connectivity index (χ3n) is 6.08. The van der Waals surface area contributed by atoms with Crippen molar-refractivity contribution in [3.8, 4) is 0 Å². The van der Waals surface area contributed by atoms with Crippen LogP contribution in [0, 0.1) is 18.7 Å². The molecule has 0 saturated carbocycles. The number of halogens is 1. The highest BCUT2D eigenvalue weighted by Crippen LogP contribution is 2.25. The van der Waals surface area contributed by atoms with Crippen LogP contribution < -0.4 is 9.62 Å². The van der Waals surface area contributed by atoms with Gasteiger partial charge in [0.15, 0.2) is 0 Å². The number of anilines is 1. The van der Waals surface area contributed by atoms with Gasteiger partial charge in [0.2, 0.25) is 11.8 Å². The average molecular weight is 540 g/mol. The van der Waals surface area contributed by atoms with E-state index in [9.17, 15) is 22.4 Å². The highest BCUT2D eigenvalue weighted by atomic mass is 32.2. The first-order chi connectivity index (χ1) is 18.0. The first kappa shape index (κ1) is 28.8. The van der Waals surface area contributed by atoms with Gasteiger partial charge in [0, 0.05) is 18.7 Å². The number of carbonyl (C=O) groups is 2.